The van der Waals surface area contributed by atoms with Crippen LogP contribution in [0.5, 0.6) is 0 Å². The van der Waals surface area contributed by atoms with E-state index in [1.165, 1.54) is 6.26 Å². The van der Waals surface area contributed by atoms with Crippen LogP contribution in [0.4, 0.5) is 0 Å². The smallest absolute Gasteiger partial charge is 0.377 e. The van der Waals surface area contributed by atoms with Gasteiger partial charge in [0.25, 0.3) is 0 Å². The summed E-state index contributed by atoms with van der Waals surface area (Å²) in [4.78, 5) is 23.7. The van der Waals surface area contributed by atoms with Gasteiger partial charge in [0.2, 0.25) is 11.5 Å². The van der Waals surface area contributed by atoms with Crippen LogP contribution >= 0.6 is 0 Å². The number of ketones is 1. The van der Waals surface area contributed by atoms with Crippen LogP contribution in [-0.2, 0) is 26.1 Å². The third-order valence-electron chi connectivity index (χ3n) is 3.26. The van der Waals surface area contributed by atoms with Gasteiger partial charge >= 0.3 is 5.97 Å². The maximum Gasteiger partial charge on any atom is 0.377 e. The van der Waals surface area contributed by atoms with Crippen LogP contribution in [0.15, 0.2) is 18.1 Å². The van der Waals surface area contributed by atoms with Gasteiger partial charge in [0.1, 0.15) is 19.5 Å². The van der Waals surface area contributed by atoms with Crippen molar-refractivity contribution >= 4 is 11.8 Å². The molecule has 0 fully saturated rings. The molecule has 0 saturated heterocycles. The van der Waals surface area contributed by atoms with E-state index in [4.69, 9.17) is 14.2 Å². The molecule has 0 atom stereocenters. The third-order valence-corrected chi connectivity index (χ3v) is 3.26. The number of carbonyl (C=O) groups excluding carboxylic acids is 2. The van der Waals surface area contributed by atoms with Crippen molar-refractivity contribution in [2.75, 3.05) is 19.8 Å². The highest BCUT2D eigenvalue weighted by Gasteiger charge is 2.20. The first-order chi connectivity index (χ1) is 9.50. The lowest BCUT2D eigenvalue weighted by atomic mass is 10.1. The standard InChI is InChI=1S/C14H17NO5/c1-9-6-11(10(2)15(9)3)12(16)7-20-14(17)13-8-18-4-5-19-13/h6,8H,4-5,7H2,1-3H3. The Bertz CT molecular complexity index is 570. The normalized spacial score (nSPS) is 14.1. The number of esters is 1. The highest BCUT2D eigenvalue weighted by molar-refractivity contribution is 6.00. The number of hydrogen-bond acceptors (Lipinski definition) is 5. The summed E-state index contributed by atoms with van der Waals surface area (Å²) >= 11 is 0. The first kappa shape index (κ1) is 14.2. The number of hydrogen-bond donors (Lipinski definition) is 0. The minimum atomic E-state index is -0.691. The zero-order valence-corrected chi connectivity index (χ0v) is 11.8. The number of nitrogens with zero attached hydrogens (tertiary/aromatic N) is 1. The summed E-state index contributed by atoms with van der Waals surface area (Å²) < 4.78 is 16.9. The first-order valence-corrected chi connectivity index (χ1v) is 6.28. The maximum absolute atomic E-state index is 12.0. The van der Waals surface area contributed by atoms with E-state index >= 15 is 0 Å². The second-order valence-electron chi connectivity index (χ2n) is 4.54. The molecule has 2 rings (SSSR count). The number of ether oxygens (including phenoxy) is 3. The SMILES string of the molecule is Cc1cc(C(=O)COC(=O)C2=COCCO2)c(C)n1C. The Hall–Kier alpha value is -2.24. The molecule has 1 aliphatic rings. The topological polar surface area (TPSA) is 66.8 Å². The molecule has 0 aromatic carbocycles. The van der Waals surface area contributed by atoms with Crippen molar-refractivity contribution in [2.24, 2.45) is 7.05 Å². The number of aryl methyl sites for hydroxylation is 1. The van der Waals surface area contributed by atoms with E-state index in [-0.39, 0.29) is 18.1 Å². The summed E-state index contributed by atoms with van der Waals surface area (Å²) in [5, 5.41) is 0. The molecule has 0 amide bonds. The second-order valence-corrected chi connectivity index (χ2v) is 4.54. The van der Waals surface area contributed by atoms with E-state index in [9.17, 15) is 9.59 Å². The maximum atomic E-state index is 12.0. The predicted octanol–water partition coefficient (Wildman–Crippen LogP) is 1.26. The van der Waals surface area contributed by atoms with Crippen molar-refractivity contribution in [1.82, 2.24) is 4.57 Å². The van der Waals surface area contributed by atoms with Crippen LogP contribution in [0.2, 0.25) is 0 Å². The van der Waals surface area contributed by atoms with Crippen LogP contribution in [0.1, 0.15) is 21.7 Å². The van der Waals surface area contributed by atoms with E-state index in [0.717, 1.165) is 11.4 Å². The highest BCUT2D eigenvalue weighted by atomic mass is 16.6. The summed E-state index contributed by atoms with van der Waals surface area (Å²) in [7, 11) is 1.88. The molecule has 1 aliphatic heterocycles. The third kappa shape index (κ3) is 2.84. The van der Waals surface area contributed by atoms with Gasteiger partial charge in [0.15, 0.2) is 6.61 Å². The second kappa shape index (κ2) is 5.81. The van der Waals surface area contributed by atoms with Gasteiger partial charge in [-0.2, -0.15) is 0 Å². The van der Waals surface area contributed by atoms with Crippen LogP contribution < -0.4 is 0 Å². The van der Waals surface area contributed by atoms with Crippen molar-refractivity contribution in [3.63, 3.8) is 0 Å². The van der Waals surface area contributed by atoms with Gasteiger partial charge in [-0.25, -0.2) is 4.79 Å². The van der Waals surface area contributed by atoms with Gasteiger partial charge in [-0.15, -0.1) is 0 Å². The van der Waals surface area contributed by atoms with E-state index in [2.05, 4.69) is 0 Å². The Balaban J connectivity index is 1.96. The summed E-state index contributed by atoms with van der Waals surface area (Å²) in [5.74, 6) is -0.940. The number of rotatable bonds is 4. The highest BCUT2D eigenvalue weighted by Crippen LogP contribution is 2.14. The Morgan fingerprint density at radius 1 is 1.35 bits per heavy atom. The molecule has 0 aliphatic carbocycles. The average Bonchev–Trinajstić information content (AvgIpc) is 2.73. The summed E-state index contributed by atoms with van der Waals surface area (Å²) in [6, 6.07) is 1.78. The number of aromatic nitrogens is 1. The van der Waals surface area contributed by atoms with Crippen molar-refractivity contribution in [3.05, 3.63) is 35.0 Å². The molecule has 0 N–H and O–H groups in total. The average molecular weight is 279 g/mol. The van der Waals surface area contributed by atoms with Crippen molar-refractivity contribution < 1.29 is 23.8 Å². The minimum absolute atomic E-state index is 0.00925. The molecule has 0 unspecified atom stereocenters. The quantitative estimate of drug-likeness (QED) is 0.613. The minimum Gasteiger partial charge on any atom is -0.493 e. The van der Waals surface area contributed by atoms with Gasteiger partial charge < -0.3 is 18.8 Å². The van der Waals surface area contributed by atoms with Gasteiger partial charge in [0, 0.05) is 24.0 Å². The molecule has 6 heteroatoms. The molecule has 0 spiro atoms. The number of carbonyl (C=O) groups is 2. The molecule has 0 saturated carbocycles. The van der Waals surface area contributed by atoms with E-state index in [1.54, 1.807) is 6.07 Å². The molecule has 20 heavy (non-hydrogen) atoms. The van der Waals surface area contributed by atoms with Crippen LogP contribution in [0.25, 0.3) is 0 Å². The lowest BCUT2D eigenvalue weighted by molar-refractivity contribution is -0.143. The van der Waals surface area contributed by atoms with Crippen LogP contribution in [0.3, 0.4) is 0 Å². The van der Waals surface area contributed by atoms with Crippen molar-refractivity contribution in [1.29, 1.82) is 0 Å². The van der Waals surface area contributed by atoms with Crippen LogP contribution in [0, 0.1) is 13.8 Å². The fourth-order valence-electron chi connectivity index (χ4n) is 1.89. The van der Waals surface area contributed by atoms with E-state index in [0.29, 0.717) is 18.8 Å². The first-order valence-electron chi connectivity index (χ1n) is 6.28. The molecule has 1 aromatic rings. The van der Waals surface area contributed by atoms with Crippen molar-refractivity contribution in [3.8, 4) is 0 Å². The zero-order valence-electron chi connectivity index (χ0n) is 11.8. The molecule has 0 radical (unpaired) electrons. The fraction of sp³-hybridized carbons (Fsp3) is 0.429. The van der Waals surface area contributed by atoms with Crippen LogP contribution in [-0.4, -0.2) is 36.1 Å². The molecule has 1 aromatic heterocycles. The Labute approximate surface area is 116 Å². The number of Topliss-reactive ketones (excluding diaryl/α,β-unsaturated/α-hetero) is 1. The van der Waals surface area contributed by atoms with Gasteiger partial charge in [-0.3, -0.25) is 4.79 Å². The summed E-state index contributed by atoms with van der Waals surface area (Å²) in [5.41, 5.74) is 2.39. The molecule has 6 nitrogen and oxygen atoms in total. The lowest BCUT2D eigenvalue weighted by Crippen LogP contribution is -2.20. The monoisotopic (exact) mass is 279 g/mol. The summed E-state index contributed by atoms with van der Waals surface area (Å²) in [6.07, 6.45) is 1.20. The lowest BCUT2D eigenvalue weighted by Gasteiger charge is -2.14. The predicted molar refractivity (Wildman–Crippen MR) is 70.2 cm³/mol. The summed E-state index contributed by atoms with van der Waals surface area (Å²) in [6.45, 7) is 4.14. The largest absolute Gasteiger partial charge is 0.493 e. The van der Waals surface area contributed by atoms with Gasteiger partial charge in [0.05, 0.1) is 0 Å². The molecule has 2 heterocycles. The van der Waals surface area contributed by atoms with E-state index in [1.807, 2.05) is 25.5 Å². The Kier molecular flexibility index (Phi) is 4.12. The Morgan fingerprint density at radius 2 is 2.10 bits per heavy atom. The fourth-order valence-corrected chi connectivity index (χ4v) is 1.89. The van der Waals surface area contributed by atoms with Gasteiger partial charge in [-0.1, -0.05) is 0 Å². The Morgan fingerprint density at radius 3 is 2.65 bits per heavy atom. The van der Waals surface area contributed by atoms with Crippen molar-refractivity contribution in [2.45, 2.75) is 13.8 Å². The zero-order chi connectivity index (χ0) is 14.7. The molecular formula is C14H17NO5. The molecule has 108 valence electrons. The van der Waals surface area contributed by atoms with Gasteiger partial charge in [-0.05, 0) is 19.9 Å². The molecular weight excluding hydrogens is 262 g/mol. The van der Waals surface area contributed by atoms with E-state index < -0.39 is 5.97 Å². The molecule has 0 bridgehead atoms.